The van der Waals surface area contributed by atoms with Crippen molar-refractivity contribution in [1.82, 2.24) is 0 Å². The van der Waals surface area contributed by atoms with Gasteiger partial charge in [-0.2, -0.15) is 0 Å². The lowest BCUT2D eigenvalue weighted by Gasteiger charge is -2.44. The van der Waals surface area contributed by atoms with Crippen molar-refractivity contribution in [3.05, 3.63) is 47.6 Å². The molecule has 170 valence electrons. The van der Waals surface area contributed by atoms with Gasteiger partial charge < -0.3 is 14.9 Å². The molecular weight excluding hydrogens is 388 g/mol. The molecule has 31 heavy (non-hydrogen) atoms. The number of carbonyl (C=O) groups excluding carboxylic acids is 1. The second-order valence-electron chi connectivity index (χ2n) is 10.7. The Hall–Kier alpha value is -1.65. The van der Waals surface area contributed by atoms with Crippen LogP contribution in [-0.4, -0.2) is 34.5 Å². The van der Waals surface area contributed by atoms with Crippen molar-refractivity contribution in [3.63, 3.8) is 0 Å². The van der Waals surface area contributed by atoms with Crippen LogP contribution in [0.25, 0.3) is 0 Å². The zero-order valence-electron chi connectivity index (χ0n) is 19.1. The van der Waals surface area contributed by atoms with Crippen molar-refractivity contribution in [1.29, 1.82) is 0 Å². The standard InChI is InChI=1S/C27H38O4/c1-16(12-22-13-17(2)26(30)31-22)23-9-10-24-19(6-5-11-27(23,24)4)7-8-20-14-21(28)15-25(29)18(20)3/h7-8,16,21-25,28-29H,2-3,5-6,9-15H2,1,4H3/b19-7-,20-8-/t16-,21-,22+,23-,24+,25+,27-/m1/s1. The fraction of sp³-hybridized carbons (Fsp3) is 0.667. The van der Waals surface area contributed by atoms with Gasteiger partial charge in [-0.15, -0.1) is 0 Å². The van der Waals surface area contributed by atoms with Gasteiger partial charge in [0, 0.05) is 18.4 Å². The summed E-state index contributed by atoms with van der Waals surface area (Å²) >= 11 is 0. The van der Waals surface area contributed by atoms with Gasteiger partial charge in [0.05, 0.1) is 12.2 Å². The number of cyclic esters (lactones) is 1. The average molecular weight is 427 g/mol. The second kappa shape index (κ2) is 8.71. The lowest BCUT2D eigenvalue weighted by Crippen LogP contribution is -2.36. The van der Waals surface area contributed by atoms with E-state index in [1.165, 1.54) is 31.3 Å². The smallest absolute Gasteiger partial charge is 0.333 e. The molecule has 2 N–H and O–H groups in total. The summed E-state index contributed by atoms with van der Waals surface area (Å²) in [6.07, 6.45) is 11.8. The highest BCUT2D eigenvalue weighted by Crippen LogP contribution is 2.60. The predicted molar refractivity (Wildman–Crippen MR) is 122 cm³/mol. The van der Waals surface area contributed by atoms with Crippen molar-refractivity contribution in [2.75, 3.05) is 0 Å². The first-order chi connectivity index (χ1) is 14.7. The van der Waals surface area contributed by atoms with Crippen LogP contribution in [-0.2, 0) is 9.53 Å². The molecule has 0 spiro atoms. The number of ether oxygens (including phenoxy) is 1. The zero-order chi connectivity index (χ0) is 22.3. The topological polar surface area (TPSA) is 66.8 Å². The van der Waals surface area contributed by atoms with Gasteiger partial charge in [-0.3, -0.25) is 0 Å². The monoisotopic (exact) mass is 426 g/mol. The van der Waals surface area contributed by atoms with Crippen molar-refractivity contribution < 1.29 is 19.7 Å². The molecule has 4 aliphatic rings. The highest BCUT2D eigenvalue weighted by atomic mass is 16.5. The third kappa shape index (κ3) is 4.34. The maximum Gasteiger partial charge on any atom is 0.333 e. The van der Waals surface area contributed by atoms with Crippen LogP contribution in [0.3, 0.4) is 0 Å². The Balaban J connectivity index is 1.48. The summed E-state index contributed by atoms with van der Waals surface area (Å²) in [7, 11) is 0. The lowest BCUT2D eigenvalue weighted by atomic mass is 9.60. The molecule has 0 bridgehead atoms. The normalized spacial score (nSPS) is 42.2. The molecule has 1 saturated heterocycles. The molecule has 1 heterocycles. The van der Waals surface area contributed by atoms with Gasteiger partial charge in [-0.25, -0.2) is 4.79 Å². The van der Waals surface area contributed by atoms with Crippen LogP contribution >= 0.6 is 0 Å². The molecule has 7 atom stereocenters. The quantitative estimate of drug-likeness (QED) is 0.489. The number of aliphatic hydroxyl groups is 2. The first-order valence-electron chi connectivity index (χ1n) is 12.0. The third-order valence-electron chi connectivity index (χ3n) is 8.66. The van der Waals surface area contributed by atoms with E-state index in [2.05, 4.69) is 39.2 Å². The highest BCUT2D eigenvalue weighted by molar-refractivity contribution is 5.89. The van der Waals surface area contributed by atoms with Gasteiger partial charge in [0.2, 0.25) is 0 Å². The molecule has 4 heteroatoms. The summed E-state index contributed by atoms with van der Waals surface area (Å²) in [4.78, 5) is 11.7. The van der Waals surface area contributed by atoms with Gasteiger partial charge in [0.15, 0.2) is 0 Å². The van der Waals surface area contributed by atoms with E-state index in [4.69, 9.17) is 4.74 Å². The average Bonchev–Trinajstić information content (AvgIpc) is 3.22. The molecule has 0 amide bonds. The lowest BCUT2D eigenvalue weighted by molar-refractivity contribution is -0.139. The van der Waals surface area contributed by atoms with Crippen LogP contribution in [0, 0.1) is 23.2 Å². The predicted octanol–water partition coefficient (Wildman–Crippen LogP) is 5.03. The van der Waals surface area contributed by atoms with Gasteiger partial charge in [-0.1, -0.05) is 44.7 Å². The SMILES string of the molecule is C=C1C[C@H](C[C@@H](C)[C@H]2CC[C@H]3/C(=C\C=C4\C[C@@H](O)C[C@H](O)C4=C)CCC[C@]23C)OC1=O. The molecule has 4 fully saturated rings. The minimum Gasteiger partial charge on any atom is -0.459 e. The van der Waals surface area contributed by atoms with Crippen molar-refractivity contribution in [3.8, 4) is 0 Å². The Kier molecular flexibility index (Phi) is 6.33. The Morgan fingerprint density at radius 1 is 1.23 bits per heavy atom. The summed E-state index contributed by atoms with van der Waals surface area (Å²) < 4.78 is 5.52. The van der Waals surface area contributed by atoms with Gasteiger partial charge in [-0.05, 0) is 79.3 Å². The summed E-state index contributed by atoms with van der Waals surface area (Å²) in [6, 6.07) is 0. The Morgan fingerprint density at radius 3 is 2.71 bits per heavy atom. The number of fused-ring (bicyclic) bond motifs is 1. The summed E-state index contributed by atoms with van der Waals surface area (Å²) in [5, 5.41) is 20.2. The van der Waals surface area contributed by atoms with Crippen LogP contribution < -0.4 is 0 Å². The van der Waals surface area contributed by atoms with Crippen LogP contribution in [0.5, 0.6) is 0 Å². The van der Waals surface area contributed by atoms with E-state index in [1.54, 1.807) is 0 Å². The van der Waals surface area contributed by atoms with E-state index in [1.807, 2.05) is 0 Å². The number of rotatable bonds is 4. The van der Waals surface area contributed by atoms with Crippen molar-refractivity contribution >= 4 is 5.97 Å². The van der Waals surface area contributed by atoms with Crippen LogP contribution in [0.15, 0.2) is 47.6 Å². The first-order valence-corrected chi connectivity index (χ1v) is 12.0. The van der Waals surface area contributed by atoms with Crippen LogP contribution in [0.4, 0.5) is 0 Å². The van der Waals surface area contributed by atoms with Crippen molar-refractivity contribution in [2.45, 2.75) is 89.9 Å². The Bertz CT molecular complexity index is 805. The second-order valence-corrected chi connectivity index (χ2v) is 10.7. The zero-order valence-corrected chi connectivity index (χ0v) is 19.1. The molecule has 3 saturated carbocycles. The molecule has 0 radical (unpaired) electrons. The summed E-state index contributed by atoms with van der Waals surface area (Å²) in [5.41, 5.74) is 4.15. The molecule has 0 aromatic carbocycles. The number of hydrogen-bond acceptors (Lipinski definition) is 4. The van der Waals surface area contributed by atoms with Crippen molar-refractivity contribution in [2.24, 2.45) is 23.2 Å². The maximum atomic E-state index is 11.7. The maximum absolute atomic E-state index is 11.7. The van der Waals surface area contributed by atoms with E-state index < -0.39 is 12.2 Å². The van der Waals surface area contributed by atoms with E-state index in [0.29, 0.717) is 42.6 Å². The summed E-state index contributed by atoms with van der Waals surface area (Å²) in [5.74, 6) is 1.51. The van der Waals surface area contributed by atoms with Gasteiger partial charge in [0.1, 0.15) is 6.10 Å². The fourth-order valence-corrected chi connectivity index (χ4v) is 7.02. The number of hydrogen-bond donors (Lipinski definition) is 2. The third-order valence-corrected chi connectivity index (χ3v) is 8.66. The number of esters is 1. The van der Waals surface area contributed by atoms with E-state index in [0.717, 1.165) is 24.0 Å². The van der Waals surface area contributed by atoms with Crippen LogP contribution in [0.2, 0.25) is 0 Å². The molecule has 3 aliphatic carbocycles. The van der Waals surface area contributed by atoms with E-state index >= 15 is 0 Å². The number of allylic oxidation sites excluding steroid dienone is 3. The molecule has 1 aliphatic heterocycles. The Morgan fingerprint density at radius 2 is 2.00 bits per heavy atom. The minimum atomic E-state index is -0.637. The van der Waals surface area contributed by atoms with E-state index in [-0.39, 0.29) is 17.5 Å². The molecular formula is C27H38O4. The van der Waals surface area contributed by atoms with Gasteiger partial charge in [0.25, 0.3) is 0 Å². The first kappa shape index (κ1) is 22.5. The molecule has 0 aromatic heterocycles. The summed E-state index contributed by atoms with van der Waals surface area (Å²) in [6.45, 7) is 12.7. The number of aliphatic hydroxyl groups excluding tert-OH is 2. The fourth-order valence-electron chi connectivity index (χ4n) is 7.02. The molecule has 0 unspecified atom stereocenters. The molecule has 4 rings (SSSR count). The minimum absolute atomic E-state index is 0.00356. The number of carbonyl (C=O) groups is 1. The Labute approximate surface area is 186 Å². The van der Waals surface area contributed by atoms with Gasteiger partial charge >= 0.3 is 5.97 Å². The largest absolute Gasteiger partial charge is 0.459 e. The molecule has 4 nitrogen and oxygen atoms in total. The van der Waals surface area contributed by atoms with Crippen LogP contribution in [0.1, 0.15) is 71.6 Å². The molecule has 0 aromatic rings. The van der Waals surface area contributed by atoms with E-state index in [9.17, 15) is 15.0 Å². The highest BCUT2D eigenvalue weighted by Gasteiger charge is 2.51.